The molecule has 0 aliphatic rings. The lowest BCUT2D eigenvalue weighted by Gasteiger charge is -2.10. The van der Waals surface area contributed by atoms with Gasteiger partial charge in [-0.25, -0.2) is 0 Å². The lowest BCUT2D eigenvalue weighted by Crippen LogP contribution is -2.10. The molecule has 0 aliphatic heterocycles. The van der Waals surface area contributed by atoms with E-state index in [9.17, 15) is 0 Å². The predicted octanol–water partition coefficient (Wildman–Crippen LogP) is 4.59. The number of hydrogen-bond acceptors (Lipinski definition) is 2. The zero-order chi connectivity index (χ0) is 12.0. The third kappa shape index (κ3) is 4.13. The van der Waals surface area contributed by atoms with Crippen molar-refractivity contribution in [2.24, 2.45) is 0 Å². The Hall–Kier alpha value is 0.0400. The van der Waals surface area contributed by atoms with Gasteiger partial charge in [-0.05, 0) is 34.5 Å². The summed E-state index contributed by atoms with van der Waals surface area (Å²) >= 11 is 15.4. The lowest BCUT2D eigenvalue weighted by molar-refractivity contribution is 0.144. The predicted molar refractivity (Wildman–Crippen MR) is 73.8 cm³/mol. The van der Waals surface area contributed by atoms with Gasteiger partial charge in [0.05, 0.1) is 22.3 Å². The third-order valence-electron chi connectivity index (χ3n) is 1.95. The van der Waals surface area contributed by atoms with Gasteiger partial charge in [0.15, 0.2) is 0 Å². The number of nitrogens with one attached hydrogen (secondary N) is 1. The highest BCUT2D eigenvalue weighted by molar-refractivity contribution is 9.10. The molecule has 0 fully saturated rings. The summed E-state index contributed by atoms with van der Waals surface area (Å²) in [4.78, 5) is 0. The van der Waals surface area contributed by atoms with Crippen molar-refractivity contribution in [1.82, 2.24) is 0 Å². The monoisotopic (exact) mass is 325 g/mol. The van der Waals surface area contributed by atoms with Crippen LogP contribution in [0.1, 0.15) is 13.3 Å². The van der Waals surface area contributed by atoms with E-state index in [0.29, 0.717) is 16.7 Å². The second kappa shape index (κ2) is 7.38. The smallest absolute Gasteiger partial charge is 0.0835 e. The van der Waals surface area contributed by atoms with Gasteiger partial charge in [-0.2, -0.15) is 0 Å². The standard InChI is InChI=1S/C11H14BrCl2NO/c1-2-6-16-7-5-15-9-4-3-8(12)10(13)11(9)14/h3-4,15H,2,5-7H2,1H3. The van der Waals surface area contributed by atoms with Gasteiger partial charge in [0.25, 0.3) is 0 Å². The molecule has 90 valence electrons. The van der Waals surface area contributed by atoms with E-state index in [-0.39, 0.29) is 0 Å². The van der Waals surface area contributed by atoms with E-state index in [1.807, 2.05) is 12.1 Å². The Kier molecular flexibility index (Phi) is 6.51. The van der Waals surface area contributed by atoms with Crippen LogP contribution in [0, 0.1) is 0 Å². The van der Waals surface area contributed by atoms with E-state index in [4.69, 9.17) is 27.9 Å². The molecule has 0 aromatic heterocycles. The number of hydrogen-bond donors (Lipinski definition) is 1. The molecule has 2 nitrogen and oxygen atoms in total. The van der Waals surface area contributed by atoms with Gasteiger partial charge in [0.1, 0.15) is 0 Å². The van der Waals surface area contributed by atoms with Crippen molar-refractivity contribution in [3.8, 4) is 0 Å². The molecule has 1 aromatic rings. The van der Waals surface area contributed by atoms with Crippen LogP contribution in [0.25, 0.3) is 0 Å². The molecule has 1 aromatic carbocycles. The Morgan fingerprint density at radius 1 is 1.25 bits per heavy atom. The van der Waals surface area contributed by atoms with Crippen molar-refractivity contribution >= 4 is 44.8 Å². The van der Waals surface area contributed by atoms with Gasteiger partial charge in [-0.15, -0.1) is 0 Å². The summed E-state index contributed by atoms with van der Waals surface area (Å²) < 4.78 is 6.15. The Balaban J connectivity index is 2.45. The maximum Gasteiger partial charge on any atom is 0.0835 e. The largest absolute Gasteiger partial charge is 0.381 e. The van der Waals surface area contributed by atoms with Crippen molar-refractivity contribution in [3.63, 3.8) is 0 Å². The molecule has 1 rings (SSSR count). The number of rotatable bonds is 6. The van der Waals surface area contributed by atoms with Crippen LogP contribution >= 0.6 is 39.1 Å². The van der Waals surface area contributed by atoms with E-state index in [0.717, 1.165) is 29.7 Å². The fourth-order valence-corrected chi connectivity index (χ4v) is 2.01. The summed E-state index contributed by atoms with van der Waals surface area (Å²) in [6.07, 6.45) is 1.03. The zero-order valence-corrected chi connectivity index (χ0v) is 12.1. The molecular formula is C11H14BrCl2NO. The first-order valence-electron chi connectivity index (χ1n) is 5.12. The maximum atomic E-state index is 6.07. The minimum atomic E-state index is 0.529. The summed E-state index contributed by atoms with van der Waals surface area (Å²) in [5, 5.41) is 4.24. The van der Waals surface area contributed by atoms with Crippen molar-refractivity contribution < 1.29 is 4.74 Å². The van der Waals surface area contributed by atoms with Crippen LogP contribution in [0.3, 0.4) is 0 Å². The highest BCUT2D eigenvalue weighted by Crippen LogP contribution is 2.35. The minimum Gasteiger partial charge on any atom is -0.381 e. The first-order chi connectivity index (χ1) is 7.66. The Labute approximate surface area is 114 Å². The van der Waals surface area contributed by atoms with Crippen molar-refractivity contribution in [1.29, 1.82) is 0 Å². The molecule has 0 unspecified atom stereocenters. The van der Waals surface area contributed by atoms with E-state index in [1.165, 1.54) is 0 Å². The van der Waals surface area contributed by atoms with E-state index < -0.39 is 0 Å². The van der Waals surface area contributed by atoms with Crippen molar-refractivity contribution in [3.05, 3.63) is 26.7 Å². The second-order valence-electron chi connectivity index (χ2n) is 3.26. The Morgan fingerprint density at radius 2 is 2.00 bits per heavy atom. The van der Waals surface area contributed by atoms with Crippen LogP contribution in [-0.2, 0) is 4.74 Å². The third-order valence-corrected chi connectivity index (χ3v) is 3.72. The summed E-state index contributed by atoms with van der Waals surface area (Å²) in [6.45, 7) is 4.25. The van der Waals surface area contributed by atoms with Gasteiger partial charge >= 0.3 is 0 Å². The quantitative estimate of drug-likeness (QED) is 0.609. The van der Waals surface area contributed by atoms with Gasteiger partial charge in [0.2, 0.25) is 0 Å². The molecular weight excluding hydrogens is 313 g/mol. The van der Waals surface area contributed by atoms with E-state index >= 15 is 0 Å². The van der Waals surface area contributed by atoms with Gasteiger partial charge in [0, 0.05) is 17.6 Å². The molecule has 0 saturated carbocycles. The topological polar surface area (TPSA) is 21.3 Å². The van der Waals surface area contributed by atoms with Crippen LogP contribution in [-0.4, -0.2) is 19.8 Å². The second-order valence-corrected chi connectivity index (χ2v) is 4.87. The molecule has 0 radical (unpaired) electrons. The van der Waals surface area contributed by atoms with Crippen molar-refractivity contribution in [2.75, 3.05) is 25.1 Å². The molecule has 0 atom stereocenters. The highest BCUT2D eigenvalue weighted by Gasteiger charge is 2.07. The van der Waals surface area contributed by atoms with Crippen LogP contribution in [0.5, 0.6) is 0 Å². The maximum absolute atomic E-state index is 6.07. The number of anilines is 1. The molecule has 16 heavy (non-hydrogen) atoms. The molecule has 1 N–H and O–H groups in total. The summed E-state index contributed by atoms with van der Waals surface area (Å²) in [5.41, 5.74) is 0.829. The van der Waals surface area contributed by atoms with Crippen LogP contribution in [0.4, 0.5) is 5.69 Å². The summed E-state index contributed by atoms with van der Waals surface area (Å²) in [5.74, 6) is 0. The Morgan fingerprint density at radius 3 is 2.69 bits per heavy atom. The molecule has 0 amide bonds. The average molecular weight is 327 g/mol. The molecule has 0 spiro atoms. The van der Waals surface area contributed by atoms with Gasteiger partial charge in [-0.3, -0.25) is 0 Å². The minimum absolute atomic E-state index is 0.529. The number of benzene rings is 1. The first-order valence-corrected chi connectivity index (χ1v) is 6.66. The molecule has 0 bridgehead atoms. The average Bonchev–Trinajstić information content (AvgIpc) is 2.28. The number of ether oxygens (including phenoxy) is 1. The van der Waals surface area contributed by atoms with Crippen molar-refractivity contribution in [2.45, 2.75) is 13.3 Å². The van der Waals surface area contributed by atoms with Gasteiger partial charge in [-0.1, -0.05) is 30.1 Å². The number of halogens is 3. The molecule has 0 aliphatic carbocycles. The molecule has 0 saturated heterocycles. The van der Waals surface area contributed by atoms with E-state index in [1.54, 1.807) is 0 Å². The van der Waals surface area contributed by atoms with E-state index in [2.05, 4.69) is 28.2 Å². The lowest BCUT2D eigenvalue weighted by atomic mass is 10.3. The normalized spacial score (nSPS) is 10.5. The zero-order valence-electron chi connectivity index (χ0n) is 9.03. The van der Waals surface area contributed by atoms with Gasteiger partial charge < -0.3 is 10.1 Å². The summed E-state index contributed by atoms with van der Waals surface area (Å²) in [6, 6.07) is 3.75. The molecule has 0 heterocycles. The SMILES string of the molecule is CCCOCCNc1ccc(Br)c(Cl)c1Cl. The molecule has 5 heteroatoms. The fourth-order valence-electron chi connectivity index (χ4n) is 1.17. The highest BCUT2D eigenvalue weighted by atomic mass is 79.9. The fraction of sp³-hybridized carbons (Fsp3) is 0.455. The first kappa shape index (κ1) is 14.1. The Bertz CT molecular complexity index is 347. The van der Waals surface area contributed by atoms with Crippen LogP contribution in [0.15, 0.2) is 16.6 Å². The van der Waals surface area contributed by atoms with Crippen LogP contribution < -0.4 is 5.32 Å². The summed E-state index contributed by atoms with van der Waals surface area (Å²) in [7, 11) is 0. The van der Waals surface area contributed by atoms with Crippen LogP contribution in [0.2, 0.25) is 10.0 Å².